The van der Waals surface area contributed by atoms with E-state index in [1.54, 1.807) is 0 Å². The summed E-state index contributed by atoms with van der Waals surface area (Å²) < 4.78 is 28.0. The van der Waals surface area contributed by atoms with Crippen LogP contribution in [-0.2, 0) is 0 Å². The summed E-state index contributed by atoms with van der Waals surface area (Å²) in [5, 5.41) is 7.48. The number of hydrogen-bond donors (Lipinski definition) is 1. The van der Waals surface area contributed by atoms with Gasteiger partial charge in [-0.2, -0.15) is 0 Å². The van der Waals surface area contributed by atoms with Crippen LogP contribution < -0.4 is 5.73 Å². The van der Waals surface area contributed by atoms with Gasteiger partial charge in [0.1, 0.15) is 5.69 Å². The highest BCUT2D eigenvalue weighted by Crippen LogP contribution is 2.18. The summed E-state index contributed by atoms with van der Waals surface area (Å²) in [6.07, 6.45) is 2.12. The first-order chi connectivity index (χ1) is 8.13. The quantitative estimate of drug-likeness (QED) is 0.889. The first-order valence-corrected chi connectivity index (χ1v) is 5.25. The molecule has 0 aliphatic carbocycles. The third kappa shape index (κ3) is 2.16. The summed E-state index contributed by atoms with van der Waals surface area (Å²) in [4.78, 5) is 0. The number of rotatable bonds is 3. The Morgan fingerprint density at radius 2 is 2.00 bits per heavy atom. The van der Waals surface area contributed by atoms with Crippen molar-refractivity contribution in [2.45, 2.75) is 19.4 Å². The van der Waals surface area contributed by atoms with E-state index >= 15 is 0 Å². The molecule has 0 bridgehead atoms. The number of hydrogen-bond acceptors (Lipinski definition) is 3. The van der Waals surface area contributed by atoms with Crippen molar-refractivity contribution in [1.82, 2.24) is 15.0 Å². The van der Waals surface area contributed by atoms with Gasteiger partial charge in [-0.1, -0.05) is 18.2 Å². The van der Waals surface area contributed by atoms with Crippen molar-refractivity contribution in [2.75, 3.05) is 0 Å². The van der Waals surface area contributed by atoms with Crippen LogP contribution in [0.3, 0.4) is 0 Å². The number of nitrogens with two attached hydrogens (primary N) is 1. The van der Waals surface area contributed by atoms with E-state index in [9.17, 15) is 8.78 Å². The largest absolute Gasteiger partial charge is 0.323 e. The molecule has 0 aliphatic rings. The number of nitrogens with zero attached hydrogens (tertiary/aromatic N) is 3. The molecule has 0 fully saturated rings. The van der Waals surface area contributed by atoms with Crippen LogP contribution in [-0.4, -0.2) is 15.0 Å². The van der Waals surface area contributed by atoms with E-state index in [0.717, 1.165) is 4.68 Å². The van der Waals surface area contributed by atoms with Crippen molar-refractivity contribution < 1.29 is 8.78 Å². The lowest BCUT2D eigenvalue weighted by molar-refractivity contribution is 0.556. The molecule has 1 heterocycles. The van der Waals surface area contributed by atoms with Crippen molar-refractivity contribution in [3.63, 3.8) is 0 Å². The molecular weight excluding hydrogens is 226 g/mol. The first kappa shape index (κ1) is 11.7. The summed E-state index contributed by atoms with van der Waals surface area (Å²) >= 11 is 0. The molecule has 4 nitrogen and oxygen atoms in total. The van der Waals surface area contributed by atoms with Crippen LogP contribution in [0.15, 0.2) is 24.4 Å². The van der Waals surface area contributed by atoms with Crippen LogP contribution in [0.2, 0.25) is 0 Å². The van der Waals surface area contributed by atoms with Gasteiger partial charge >= 0.3 is 0 Å². The fourth-order valence-corrected chi connectivity index (χ4v) is 1.47. The van der Waals surface area contributed by atoms with Gasteiger partial charge in [0.05, 0.1) is 17.9 Å². The van der Waals surface area contributed by atoms with Crippen LogP contribution >= 0.6 is 0 Å². The van der Waals surface area contributed by atoms with Crippen LogP contribution in [0.5, 0.6) is 0 Å². The Balaban J connectivity index is 2.44. The highest BCUT2D eigenvalue weighted by atomic mass is 19.1. The summed E-state index contributed by atoms with van der Waals surface area (Å²) in [6.45, 7) is 1.90. The number of halogens is 2. The second-order valence-electron chi connectivity index (χ2n) is 3.67. The summed E-state index contributed by atoms with van der Waals surface area (Å²) in [6, 6.07) is 3.35. The predicted octanol–water partition coefficient (Wildman–Crippen LogP) is 1.96. The summed E-state index contributed by atoms with van der Waals surface area (Å²) in [5.41, 5.74) is 6.03. The zero-order chi connectivity index (χ0) is 12.4. The van der Waals surface area contributed by atoms with Gasteiger partial charge in [-0.25, -0.2) is 13.5 Å². The second kappa shape index (κ2) is 4.58. The Kier molecular flexibility index (Phi) is 3.14. The molecule has 2 N–H and O–H groups in total. The average molecular weight is 238 g/mol. The highest BCUT2D eigenvalue weighted by Gasteiger charge is 2.14. The minimum absolute atomic E-state index is 0.241. The molecule has 0 saturated heterocycles. The van der Waals surface area contributed by atoms with E-state index in [4.69, 9.17) is 5.73 Å². The van der Waals surface area contributed by atoms with E-state index < -0.39 is 11.6 Å². The molecule has 17 heavy (non-hydrogen) atoms. The molecule has 6 heteroatoms. The fraction of sp³-hybridized carbons (Fsp3) is 0.273. The Bertz CT molecular complexity index is 504. The minimum Gasteiger partial charge on any atom is -0.323 e. The fourth-order valence-electron chi connectivity index (χ4n) is 1.47. The van der Waals surface area contributed by atoms with Crippen molar-refractivity contribution in [2.24, 2.45) is 5.73 Å². The molecule has 1 atom stereocenters. The number of benzene rings is 1. The normalized spacial score (nSPS) is 12.7. The molecule has 0 amide bonds. The predicted molar refractivity (Wildman–Crippen MR) is 58.5 cm³/mol. The maximum Gasteiger partial charge on any atom is 0.151 e. The molecule has 1 unspecified atom stereocenters. The maximum absolute atomic E-state index is 13.5. The Morgan fingerprint density at radius 3 is 2.59 bits per heavy atom. The van der Waals surface area contributed by atoms with Crippen LogP contribution in [0, 0.1) is 11.6 Å². The lowest BCUT2D eigenvalue weighted by atomic mass is 10.2. The van der Waals surface area contributed by atoms with Gasteiger partial charge in [0.25, 0.3) is 0 Å². The summed E-state index contributed by atoms with van der Waals surface area (Å²) in [7, 11) is 0. The zero-order valence-electron chi connectivity index (χ0n) is 9.27. The molecule has 0 radical (unpaired) electrons. The third-order valence-corrected chi connectivity index (χ3v) is 2.50. The van der Waals surface area contributed by atoms with Gasteiger partial charge in [-0.3, -0.25) is 0 Å². The molecule has 0 spiro atoms. The Labute approximate surface area is 97.0 Å². The van der Waals surface area contributed by atoms with Gasteiger partial charge < -0.3 is 5.73 Å². The molecule has 1 aromatic carbocycles. The van der Waals surface area contributed by atoms with Crippen molar-refractivity contribution in [3.8, 4) is 5.69 Å². The lowest BCUT2D eigenvalue weighted by Gasteiger charge is -2.04. The van der Waals surface area contributed by atoms with E-state index in [1.807, 2.05) is 6.92 Å². The van der Waals surface area contributed by atoms with Crippen LogP contribution in [0.25, 0.3) is 5.69 Å². The van der Waals surface area contributed by atoms with Gasteiger partial charge in [0.2, 0.25) is 0 Å². The molecule has 1 aromatic heterocycles. The molecule has 90 valence electrons. The van der Waals surface area contributed by atoms with Gasteiger partial charge in [0.15, 0.2) is 11.6 Å². The molecular formula is C11H12F2N4. The van der Waals surface area contributed by atoms with Gasteiger partial charge in [-0.15, -0.1) is 5.10 Å². The smallest absolute Gasteiger partial charge is 0.151 e. The van der Waals surface area contributed by atoms with Crippen LogP contribution in [0.4, 0.5) is 8.78 Å². The standard InChI is InChI=1S/C11H12F2N4/c1-2-9(14)10-6-17(16-15-10)11-7(12)4-3-5-8(11)13/h3-6,9H,2,14H2,1H3. The molecule has 0 saturated carbocycles. The minimum atomic E-state index is -0.688. The van der Waals surface area contributed by atoms with Crippen molar-refractivity contribution in [3.05, 3.63) is 41.7 Å². The second-order valence-corrected chi connectivity index (χ2v) is 3.67. The van der Waals surface area contributed by atoms with Gasteiger partial charge in [-0.05, 0) is 18.6 Å². The monoisotopic (exact) mass is 238 g/mol. The van der Waals surface area contributed by atoms with Crippen molar-refractivity contribution in [1.29, 1.82) is 0 Å². The SMILES string of the molecule is CCC(N)c1cn(-c2c(F)cccc2F)nn1. The average Bonchev–Trinajstić information content (AvgIpc) is 2.77. The molecule has 0 aliphatic heterocycles. The molecule has 2 aromatic rings. The Hall–Kier alpha value is -1.82. The highest BCUT2D eigenvalue weighted by molar-refractivity contribution is 5.34. The summed E-state index contributed by atoms with van der Waals surface area (Å²) in [5.74, 6) is -1.38. The van der Waals surface area contributed by atoms with Gasteiger partial charge in [0, 0.05) is 0 Å². The van der Waals surface area contributed by atoms with Crippen molar-refractivity contribution >= 4 is 0 Å². The third-order valence-electron chi connectivity index (χ3n) is 2.50. The topological polar surface area (TPSA) is 56.7 Å². The molecule has 2 rings (SSSR count). The van der Waals surface area contributed by atoms with E-state index in [1.165, 1.54) is 24.4 Å². The lowest BCUT2D eigenvalue weighted by Crippen LogP contribution is -2.08. The first-order valence-electron chi connectivity index (χ1n) is 5.25. The maximum atomic E-state index is 13.5. The van der Waals surface area contributed by atoms with Crippen LogP contribution in [0.1, 0.15) is 25.1 Å². The zero-order valence-corrected chi connectivity index (χ0v) is 9.27. The van der Waals surface area contributed by atoms with E-state index in [-0.39, 0.29) is 11.7 Å². The number of para-hydroxylation sites is 1. The number of aromatic nitrogens is 3. The Morgan fingerprint density at radius 1 is 1.35 bits per heavy atom. The van der Waals surface area contributed by atoms with E-state index in [0.29, 0.717) is 12.1 Å². The van der Waals surface area contributed by atoms with E-state index in [2.05, 4.69) is 10.3 Å².